The summed E-state index contributed by atoms with van der Waals surface area (Å²) in [6, 6.07) is 5.39. The van der Waals surface area contributed by atoms with Gasteiger partial charge >= 0.3 is 0 Å². The van der Waals surface area contributed by atoms with Gasteiger partial charge in [0.1, 0.15) is 4.90 Å². The van der Waals surface area contributed by atoms with E-state index in [2.05, 4.69) is 15.0 Å². The molecule has 2 N–H and O–H groups in total. The van der Waals surface area contributed by atoms with E-state index in [1.54, 1.807) is 12.1 Å². The van der Waals surface area contributed by atoms with Crippen LogP contribution in [0.1, 0.15) is 25.3 Å². The van der Waals surface area contributed by atoms with E-state index < -0.39 is 10.0 Å². The monoisotopic (exact) mass is 253 g/mol. The third kappa shape index (κ3) is 2.12. The van der Waals surface area contributed by atoms with Crippen LogP contribution in [0.25, 0.3) is 0 Å². The molecule has 0 spiro atoms. The van der Waals surface area contributed by atoms with Crippen molar-refractivity contribution in [2.24, 2.45) is 4.99 Å². The van der Waals surface area contributed by atoms with E-state index in [0.29, 0.717) is 5.69 Å². The molecular weight excluding hydrogens is 238 g/mol. The molecule has 0 atom stereocenters. The van der Waals surface area contributed by atoms with Crippen LogP contribution in [0, 0.1) is 0 Å². The molecule has 2 rings (SSSR count). The highest BCUT2D eigenvalue weighted by Crippen LogP contribution is 2.28. The number of guanidine groups is 1. The van der Waals surface area contributed by atoms with Gasteiger partial charge < -0.3 is 5.32 Å². The number of rotatable bonds is 1. The first kappa shape index (κ1) is 11.9. The minimum atomic E-state index is -3.50. The molecule has 6 heteroatoms. The van der Waals surface area contributed by atoms with E-state index in [9.17, 15) is 8.42 Å². The molecule has 0 unspecified atom stereocenters. The first-order valence-corrected chi connectivity index (χ1v) is 6.83. The third-order valence-corrected chi connectivity index (χ3v) is 4.05. The molecule has 0 bridgehead atoms. The molecule has 1 aromatic rings. The second kappa shape index (κ2) is 4.03. The van der Waals surface area contributed by atoms with Crippen molar-refractivity contribution in [3.05, 3.63) is 23.8 Å². The molecule has 0 amide bonds. The first-order valence-electron chi connectivity index (χ1n) is 5.34. The van der Waals surface area contributed by atoms with Crippen molar-refractivity contribution in [1.29, 1.82) is 0 Å². The van der Waals surface area contributed by atoms with Gasteiger partial charge in [-0.2, -0.15) is 0 Å². The molecule has 0 aromatic heterocycles. The minimum absolute atomic E-state index is 0.245. The van der Waals surface area contributed by atoms with Gasteiger partial charge in [-0.05, 0) is 23.6 Å². The van der Waals surface area contributed by atoms with Crippen molar-refractivity contribution in [2.45, 2.75) is 24.7 Å². The topological polar surface area (TPSA) is 70.6 Å². The molecule has 1 aromatic carbocycles. The Morgan fingerprint density at radius 2 is 2.00 bits per heavy atom. The molecule has 0 saturated heterocycles. The Balaban J connectivity index is 2.59. The Hall–Kier alpha value is -1.56. The summed E-state index contributed by atoms with van der Waals surface area (Å²) in [7, 11) is -1.98. The molecule has 0 fully saturated rings. The highest BCUT2D eigenvalue weighted by atomic mass is 32.2. The molecular formula is C11H15N3O2S. The summed E-state index contributed by atoms with van der Waals surface area (Å²) in [6.07, 6.45) is 0. The Morgan fingerprint density at radius 3 is 2.59 bits per heavy atom. The van der Waals surface area contributed by atoms with Gasteiger partial charge in [-0.15, -0.1) is 0 Å². The maximum Gasteiger partial charge on any atom is 0.266 e. The van der Waals surface area contributed by atoms with Gasteiger partial charge in [0.05, 0.1) is 5.69 Å². The van der Waals surface area contributed by atoms with Crippen molar-refractivity contribution in [3.63, 3.8) is 0 Å². The zero-order chi connectivity index (χ0) is 12.6. The third-order valence-electron chi connectivity index (χ3n) is 2.67. The van der Waals surface area contributed by atoms with E-state index in [4.69, 9.17) is 0 Å². The van der Waals surface area contributed by atoms with Crippen LogP contribution in [-0.4, -0.2) is 21.4 Å². The fourth-order valence-electron chi connectivity index (χ4n) is 1.66. The lowest BCUT2D eigenvalue weighted by molar-refractivity contribution is 0.591. The number of hydrogen-bond acceptors (Lipinski definition) is 3. The summed E-state index contributed by atoms with van der Waals surface area (Å²) in [5.41, 5.74) is 1.56. The van der Waals surface area contributed by atoms with E-state index in [0.717, 1.165) is 5.56 Å². The van der Waals surface area contributed by atoms with E-state index in [-0.39, 0.29) is 16.8 Å². The lowest BCUT2D eigenvalue weighted by atomic mass is 10.0. The Kier molecular flexibility index (Phi) is 2.82. The number of anilines is 1. The van der Waals surface area contributed by atoms with Crippen LogP contribution >= 0.6 is 0 Å². The molecule has 0 radical (unpaired) electrons. The number of aliphatic imine (C=N–C) groups is 1. The SMILES string of the molecule is CN=C1Nc2ccc(C(C)C)cc2S(=O)(=O)N1. The van der Waals surface area contributed by atoms with Gasteiger partial charge in [0.15, 0.2) is 0 Å². The van der Waals surface area contributed by atoms with Crippen LogP contribution in [0.15, 0.2) is 28.1 Å². The van der Waals surface area contributed by atoms with Crippen LogP contribution in [-0.2, 0) is 10.0 Å². The van der Waals surface area contributed by atoms with Crippen LogP contribution < -0.4 is 10.0 Å². The summed E-state index contributed by atoms with van der Waals surface area (Å²) in [5.74, 6) is 0.534. The van der Waals surface area contributed by atoms with Gasteiger partial charge in [0, 0.05) is 7.05 Å². The van der Waals surface area contributed by atoms with Crippen molar-refractivity contribution >= 4 is 21.7 Å². The van der Waals surface area contributed by atoms with Gasteiger partial charge in [0.25, 0.3) is 10.0 Å². The van der Waals surface area contributed by atoms with Crippen LogP contribution in [0.2, 0.25) is 0 Å². The average Bonchev–Trinajstić information content (AvgIpc) is 2.27. The lowest BCUT2D eigenvalue weighted by Gasteiger charge is -2.22. The lowest BCUT2D eigenvalue weighted by Crippen LogP contribution is -2.40. The summed E-state index contributed by atoms with van der Waals surface area (Å²) in [5, 5.41) is 2.93. The van der Waals surface area contributed by atoms with E-state index >= 15 is 0 Å². The number of sulfonamides is 1. The Bertz CT molecular complexity index is 576. The van der Waals surface area contributed by atoms with Crippen molar-refractivity contribution < 1.29 is 8.42 Å². The smallest absolute Gasteiger partial charge is 0.266 e. The highest BCUT2D eigenvalue weighted by molar-refractivity contribution is 7.90. The quantitative estimate of drug-likeness (QED) is 0.796. The van der Waals surface area contributed by atoms with Gasteiger partial charge in [-0.1, -0.05) is 19.9 Å². The van der Waals surface area contributed by atoms with E-state index in [1.807, 2.05) is 19.9 Å². The fraction of sp³-hybridized carbons (Fsp3) is 0.364. The van der Waals surface area contributed by atoms with Crippen molar-refractivity contribution in [3.8, 4) is 0 Å². The van der Waals surface area contributed by atoms with Gasteiger partial charge in [-0.3, -0.25) is 4.99 Å². The van der Waals surface area contributed by atoms with Crippen molar-refractivity contribution in [1.82, 2.24) is 4.72 Å². The van der Waals surface area contributed by atoms with Crippen molar-refractivity contribution in [2.75, 3.05) is 12.4 Å². The second-order valence-corrected chi connectivity index (χ2v) is 5.86. The average molecular weight is 253 g/mol. The number of nitrogens with zero attached hydrogens (tertiary/aromatic N) is 1. The van der Waals surface area contributed by atoms with Gasteiger partial charge in [-0.25, -0.2) is 13.1 Å². The summed E-state index contributed by atoms with van der Waals surface area (Å²) in [4.78, 5) is 4.09. The predicted octanol–water partition coefficient (Wildman–Crippen LogP) is 1.50. The maximum atomic E-state index is 12.0. The molecule has 5 nitrogen and oxygen atoms in total. The highest BCUT2D eigenvalue weighted by Gasteiger charge is 2.26. The van der Waals surface area contributed by atoms with E-state index in [1.165, 1.54) is 7.05 Å². The summed E-state index contributed by atoms with van der Waals surface area (Å²) >= 11 is 0. The number of benzene rings is 1. The molecule has 1 aliphatic heterocycles. The zero-order valence-electron chi connectivity index (χ0n) is 9.98. The molecule has 17 heavy (non-hydrogen) atoms. The summed E-state index contributed by atoms with van der Waals surface area (Å²) < 4.78 is 26.3. The zero-order valence-corrected chi connectivity index (χ0v) is 10.8. The molecule has 1 aliphatic rings. The Labute approximate surface area is 101 Å². The molecule has 92 valence electrons. The number of nitrogens with one attached hydrogen (secondary N) is 2. The number of fused-ring (bicyclic) bond motifs is 1. The second-order valence-electron chi connectivity index (χ2n) is 4.21. The molecule has 0 saturated carbocycles. The van der Waals surface area contributed by atoms with Crippen LogP contribution in [0.4, 0.5) is 5.69 Å². The molecule has 0 aliphatic carbocycles. The maximum absolute atomic E-state index is 12.0. The minimum Gasteiger partial charge on any atom is -0.324 e. The Morgan fingerprint density at radius 1 is 1.29 bits per heavy atom. The normalized spacial score (nSPS) is 19.6. The molecule has 1 heterocycles. The van der Waals surface area contributed by atoms with Crippen LogP contribution in [0.3, 0.4) is 0 Å². The summed E-state index contributed by atoms with van der Waals surface area (Å²) in [6.45, 7) is 4.05. The first-order chi connectivity index (χ1) is 7.94. The largest absolute Gasteiger partial charge is 0.324 e. The standard InChI is InChI=1S/C11H15N3O2S/c1-7(2)8-4-5-9-10(6-8)17(15,16)14-11(12-3)13-9/h4-7H,1-3H3,(H2,12,13,14). The van der Waals surface area contributed by atoms with Crippen LogP contribution in [0.5, 0.6) is 0 Å². The fourth-order valence-corrected chi connectivity index (χ4v) is 2.87. The number of hydrogen-bond donors (Lipinski definition) is 2. The predicted molar refractivity (Wildman–Crippen MR) is 67.8 cm³/mol. The van der Waals surface area contributed by atoms with Gasteiger partial charge in [0.2, 0.25) is 5.96 Å².